The van der Waals surface area contributed by atoms with E-state index in [2.05, 4.69) is 10.3 Å². The summed E-state index contributed by atoms with van der Waals surface area (Å²) in [4.78, 5) is 27.7. The van der Waals surface area contributed by atoms with E-state index in [0.717, 1.165) is 12.8 Å². The van der Waals surface area contributed by atoms with Crippen LogP contribution in [0, 0.1) is 5.92 Å². The van der Waals surface area contributed by atoms with E-state index in [-0.39, 0.29) is 5.96 Å². The SMILES string of the molecule is CC(C)(C)OC(=O)NC(=NC(=O)O)N1CCC(CN)CC1. The van der Waals surface area contributed by atoms with Gasteiger partial charge in [-0.1, -0.05) is 0 Å². The summed E-state index contributed by atoms with van der Waals surface area (Å²) in [7, 11) is 0. The molecule has 1 aliphatic rings. The monoisotopic (exact) mass is 300 g/mol. The first-order valence-electron chi connectivity index (χ1n) is 6.98. The predicted octanol–water partition coefficient (Wildman–Crippen LogP) is 1.22. The van der Waals surface area contributed by atoms with Crippen molar-refractivity contribution in [2.45, 2.75) is 39.2 Å². The Hall–Kier alpha value is -1.83. The van der Waals surface area contributed by atoms with Gasteiger partial charge in [0.1, 0.15) is 5.60 Å². The average Bonchev–Trinajstić information content (AvgIpc) is 2.35. The molecular weight excluding hydrogens is 276 g/mol. The maximum atomic E-state index is 11.8. The topological polar surface area (TPSA) is 117 Å². The van der Waals surface area contributed by atoms with E-state index in [1.54, 1.807) is 25.7 Å². The van der Waals surface area contributed by atoms with Crippen molar-refractivity contribution in [3.63, 3.8) is 0 Å². The van der Waals surface area contributed by atoms with E-state index in [4.69, 9.17) is 15.6 Å². The standard InChI is InChI=1S/C13H24N4O4/c1-13(2,3)21-12(20)16-10(15-11(18)19)17-6-4-9(8-14)5-7-17/h9H,4-8,14H2,1-3H3,(H,18,19)(H,15,16,20). The van der Waals surface area contributed by atoms with Crippen molar-refractivity contribution in [3.8, 4) is 0 Å². The first kappa shape index (κ1) is 17.2. The number of piperidine rings is 1. The molecule has 4 N–H and O–H groups in total. The fraction of sp³-hybridized carbons (Fsp3) is 0.769. The van der Waals surface area contributed by atoms with E-state index in [1.165, 1.54) is 0 Å². The molecule has 0 spiro atoms. The van der Waals surface area contributed by atoms with Gasteiger partial charge in [-0.05, 0) is 46.1 Å². The second-order valence-electron chi connectivity index (χ2n) is 6.01. The minimum atomic E-state index is -1.36. The number of aliphatic imine (C=N–C) groups is 1. The van der Waals surface area contributed by atoms with Gasteiger partial charge >= 0.3 is 12.2 Å². The lowest BCUT2D eigenvalue weighted by molar-refractivity contribution is 0.0554. The molecule has 0 aromatic rings. The molecule has 1 saturated heterocycles. The number of nitrogens with one attached hydrogen (secondary N) is 1. The molecule has 0 atom stereocenters. The van der Waals surface area contributed by atoms with Crippen LogP contribution < -0.4 is 11.1 Å². The van der Waals surface area contributed by atoms with Gasteiger partial charge < -0.3 is 20.5 Å². The minimum absolute atomic E-state index is 0.00669. The summed E-state index contributed by atoms with van der Waals surface area (Å²) in [5.74, 6) is 0.432. The number of likely N-dealkylation sites (tertiary alicyclic amines) is 1. The molecule has 0 unspecified atom stereocenters. The molecule has 2 amide bonds. The van der Waals surface area contributed by atoms with E-state index >= 15 is 0 Å². The van der Waals surface area contributed by atoms with Crippen LogP contribution in [-0.4, -0.2) is 53.4 Å². The highest BCUT2D eigenvalue weighted by Crippen LogP contribution is 2.16. The van der Waals surface area contributed by atoms with Crippen molar-refractivity contribution in [2.75, 3.05) is 19.6 Å². The molecule has 1 heterocycles. The minimum Gasteiger partial charge on any atom is -0.463 e. The van der Waals surface area contributed by atoms with Gasteiger partial charge in [0.25, 0.3) is 0 Å². The number of nitrogens with zero attached hydrogens (tertiary/aromatic N) is 2. The largest absolute Gasteiger partial charge is 0.463 e. The van der Waals surface area contributed by atoms with Crippen LogP contribution in [0.4, 0.5) is 9.59 Å². The van der Waals surface area contributed by atoms with Crippen LogP contribution in [0.15, 0.2) is 4.99 Å². The molecule has 8 heteroatoms. The lowest BCUT2D eigenvalue weighted by Crippen LogP contribution is -2.49. The first-order chi connectivity index (χ1) is 9.71. The number of ether oxygens (including phenoxy) is 1. The van der Waals surface area contributed by atoms with Gasteiger partial charge in [-0.25, -0.2) is 9.59 Å². The highest BCUT2D eigenvalue weighted by atomic mass is 16.6. The number of guanidine groups is 1. The van der Waals surface area contributed by atoms with E-state index in [0.29, 0.717) is 25.6 Å². The number of alkyl carbamates (subject to hydrolysis) is 1. The summed E-state index contributed by atoms with van der Waals surface area (Å²) < 4.78 is 5.11. The van der Waals surface area contributed by atoms with Gasteiger partial charge in [-0.15, -0.1) is 4.99 Å². The van der Waals surface area contributed by atoms with Crippen molar-refractivity contribution >= 4 is 18.1 Å². The molecule has 21 heavy (non-hydrogen) atoms. The van der Waals surface area contributed by atoms with Crippen LogP contribution in [-0.2, 0) is 4.74 Å². The lowest BCUT2D eigenvalue weighted by Gasteiger charge is -2.33. The van der Waals surface area contributed by atoms with Crippen LogP contribution in [0.3, 0.4) is 0 Å². The Balaban J connectivity index is 2.69. The fourth-order valence-corrected chi connectivity index (χ4v) is 2.04. The molecule has 120 valence electrons. The summed E-state index contributed by atoms with van der Waals surface area (Å²) in [5.41, 5.74) is 4.96. The van der Waals surface area contributed by atoms with Crippen LogP contribution in [0.1, 0.15) is 33.6 Å². The smallest absolute Gasteiger partial charge is 0.434 e. The van der Waals surface area contributed by atoms with Gasteiger partial charge in [0, 0.05) is 13.1 Å². The van der Waals surface area contributed by atoms with Gasteiger partial charge in [0.05, 0.1) is 0 Å². The van der Waals surface area contributed by atoms with E-state index in [9.17, 15) is 9.59 Å². The van der Waals surface area contributed by atoms with Crippen molar-refractivity contribution in [1.29, 1.82) is 0 Å². The predicted molar refractivity (Wildman–Crippen MR) is 78.2 cm³/mol. The zero-order valence-electron chi connectivity index (χ0n) is 12.8. The number of nitrogens with two attached hydrogens (primary N) is 1. The Kier molecular flexibility index (Phi) is 5.95. The summed E-state index contributed by atoms with van der Waals surface area (Å²) >= 11 is 0. The van der Waals surface area contributed by atoms with Crippen molar-refractivity contribution < 1.29 is 19.4 Å². The number of amides is 2. The number of carbonyl (C=O) groups is 2. The molecule has 0 radical (unpaired) electrons. The normalized spacial score (nSPS) is 17.5. The van der Waals surface area contributed by atoms with Crippen molar-refractivity contribution in [2.24, 2.45) is 16.6 Å². The average molecular weight is 300 g/mol. The summed E-state index contributed by atoms with van der Waals surface area (Å²) in [5, 5.41) is 11.2. The quantitative estimate of drug-likeness (QED) is 0.495. The molecule has 1 fully saturated rings. The van der Waals surface area contributed by atoms with Crippen molar-refractivity contribution in [3.05, 3.63) is 0 Å². The third-order valence-corrected chi connectivity index (χ3v) is 3.06. The van der Waals surface area contributed by atoms with Crippen LogP contribution in [0.25, 0.3) is 0 Å². The lowest BCUT2D eigenvalue weighted by atomic mass is 9.97. The van der Waals surface area contributed by atoms with Crippen LogP contribution in [0.2, 0.25) is 0 Å². The second-order valence-corrected chi connectivity index (χ2v) is 6.01. The fourth-order valence-electron chi connectivity index (χ4n) is 2.04. The molecule has 0 aromatic heterocycles. The van der Waals surface area contributed by atoms with E-state index in [1.807, 2.05) is 0 Å². The van der Waals surface area contributed by atoms with Gasteiger partial charge in [-0.3, -0.25) is 5.32 Å². The van der Waals surface area contributed by atoms with Crippen molar-refractivity contribution in [1.82, 2.24) is 10.2 Å². The molecule has 1 aliphatic heterocycles. The van der Waals surface area contributed by atoms with Crippen LogP contribution in [0.5, 0.6) is 0 Å². The van der Waals surface area contributed by atoms with Crippen LogP contribution >= 0.6 is 0 Å². The summed E-state index contributed by atoms with van der Waals surface area (Å²) in [6, 6.07) is 0. The molecule has 0 aromatic carbocycles. The Morgan fingerprint density at radius 3 is 2.38 bits per heavy atom. The van der Waals surface area contributed by atoms with Gasteiger partial charge in [0.15, 0.2) is 0 Å². The third kappa shape index (κ3) is 6.44. The Bertz CT molecular complexity index is 409. The number of rotatable bonds is 1. The highest BCUT2D eigenvalue weighted by molar-refractivity contribution is 5.98. The van der Waals surface area contributed by atoms with E-state index < -0.39 is 17.8 Å². The van der Waals surface area contributed by atoms with Gasteiger partial charge in [-0.2, -0.15) is 0 Å². The second kappa shape index (κ2) is 7.26. The molecular formula is C13H24N4O4. The Morgan fingerprint density at radius 2 is 1.95 bits per heavy atom. The molecule has 1 rings (SSSR count). The number of hydrogen-bond donors (Lipinski definition) is 3. The number of carboxylic acid groups (broad SMARTS) is 1. The van der Waals surface area contributed by atoms with Gasteiger partial charge in [0.2, 0.25) is 5.96 Å². The Morgan fingerprint density at radius 1 is 1.38 bits per heavy atom. The Labute approximate surface area is 124 Å². The summed E-state index contributed by atoms with van der Waals surface area (Å²) in [6.07, 6.45) is -0.401. The maximum absolute atomic E-state index is 11.8. The molecule has 0 aliphatic carbocycles. The zero-order valence-corrected chi connectivity index (χ0v) is 12.8. The maximum Gasteiger partial charge on any atom is 0.434 e. The number of hydrogen-bond acceptors (Lipinski definition) is 4. The molecule has 0 bridgehead atoms. The number of carbonyl (C=O) groups excluding carboxylic acids is 1. The summed E-state index contributed by atoms with van der Waals surface area (Å²) in [6.45, 7) is 7.00. The third-order valence-electron chi connectivity index (χ3n) is 3.06. The molecule has 8 nitrogen and oxygen atoms in total. The molecule has 0 saturated carbocycles. The first-order valence-corrected chi connectivity index (χ1v) is 6.98. The highest BCUT2D eigenvalue weighted by Gasteiger charge is 2.24. The zero-order chi connectivity index (χ0) is 16.0.